The number of hydrogen-bond donors (Lipinski definition) is 0. The van der Waals surface area contributed by atoms with E-state index in [1.54, 1.807) is 29.2 Å². The van der Waals surface area contributed by atoms with Crippen LogP contribution in [-0.2, 0) is 10.0 Å². The topological polar surface area (TPSA) is 66.9 Å². The van der Waals surface area contributed by atoms with Crippen molar-refractivity contribution in [2.75, 3.05) is 33.3 Å². The summed E-state index contributed by atoms with van der Waals surface area (Å²) in [5.74, 6) is 0.557. The third kappa shape index (κ3) is 4.14. The molecule has 1 aliphatic heterocycles. The summed E-state index contributed by atoms with van der Waals surface area (Å²) in [6.07, 6.45) is 0. The molecular formula is C20H24N2O4S. The van der Waals surface area contributed by atoms with Crippen LogP contribution in [0.1, 0.15) is 21.5 Å². The predicted octanol–water partition coefficient (Wildman–Crippen LogP) is 2.46. The summed E-state index contributed by atoms with van der Waals surface area (Å²) in [5, 5.41) is 0. The Kier molecular flexibility index (Phi) is 5.53. The number of aryl methyl sites for hydroxylation is 2. The standard InChI is InChI=1S/C20H24N2O4S/c1-15-12-16(2)14-17(13-15)20(23)21-8-10-22(11-9-21)27(24,25)19-6-4-18(26-3)5-7-19/h4-7,12-14H,8-11H2,1-3H3. The number of amides is 1. The maximum absolute atomic E-state index is 12.8. The summed E-state index contributed by atoms with van der Waals surface area (Å²) in [6.45, 7) is 5.24. The summed E-state index contributed by atoms with van der Waals surface area (Å²) in [4.78, 5) is 14.7. The Morgan fingerprint density at radius 3 is 2.00 bits per heavy atom. The molecule has 144 valence electrons. The summed E-state index contributed by atoms with van der Waals surface area (Å²) < 4.78 is 32.1. The quantitative estimate of drug-likeness (QED) is 0.807. The Morgan fingerprint density at radius 1 is 0.926 bits per heavy atom. The van der Waals surface area contributed by atoms with Crippen LogP contribution < -0.4 is 4.74 Å². The molecule has 1 aliphatic rings. The zero-order valence-corrected chi connectivity index (χ0v) is 16.6. The van der Waals surface area contributed by atoms with Crippen molar-refractivity contribution in [1.82, 2.24) is 9.21 Å². The van der Waals surface area contributed by atoms with Crippen LogP contribution in [0.3, 0.4) is 0 Å². The lowest BCUT2D eigenvalue weighted by molar-refractivity contribution is 0.0697. The summed E-state index contributed by atoms with van der Waals surface area (Å²) >= 11 is 0. The first-order chi connectivity index (χ1) is 12.8. The number of piperazine rings is 1. The van der Waals surface area contributed by atoms with Crippen molar-refractivity contribution in [2.24, 2.45) is 0 Å². The van der Waals surface area contributed by atoms with Crippen molar-refractivity contribution in [3.05, 3.63) is 59.2 Å². The van der Waals surface area contributed by atoms with Crippen molar-refractivity contribution in [1.29, 1.82) is 0 Å². The molecule has 1 amide bonds. The molecule has 0 radical (unpaired) electrons. The van der Waals surface area contributed by atoms with E-state index in [0.717, 1.165) is 11.1 Å². The fraction of sp³-hybridized carbons (Fsp3) is 0.350. The molecule has 0 aromatic heterocycles. The number of benzene rings is 2. The fourth-order valence-electron chi connectivity index (χ4n) is 3.31. The van der Waals surface area contributed by atoms with Gasteiger partial charge in [0, 0.05) is 31.7 Å². The maximum atomic E-state index is 12.8. The summed E-state index contributed by atoms with van der Waals surface area (Å²) in [5.41, 5.74) is 2.73. The second-order valence-electron chi connectivity index (χ2n) is 6.75. The lowest BCUT2D eigenvalue weighted by Crippen LogP contribution is -2.50. The average molecular weight is 388 g/mol. The first-order valence-electron chi connectivity index (χ1n) is 8.83. The average Bonchev–Trinajstić information content (AvgIpc) is 2.67. The molecule has 0 spiro atoms. The highest BCUT2D eigenvalue weighted by Crippen LogP contribution is 2.21. The highest BCUT2D eigenvalue weighted by Gasteiger charge is 2.30. The molecule has 27 heavy (non-hydrogen) atoms. The van der Waals surface area contributed by atoms with Crippen molar-refractivity contribution < 1.29 is 17.9 Å². The molecule has 2 aromatic carbocycles. The molecule has 0 saturated carbocycles. The minimum Gasteiger partial charge on any atom is -0.497 e. The normalized spacial score (nSPS) is 15.6. The van der Waals surface area contributed by atoms with E-state index < -0.39 is 10.0 Å². The second-order valence-corrected chi connectivity index (χ2v) is 8.69. The van der Waals surface area contributed by atoms with E-state index >= 15 is 0 Å². The first kappa shape index (κ1) is 19.4. The van der Waals surface area contributed by atoms with Gasteiger partial charge in [-0.1, -0.05) is 17.2 Å². The lowest BCUT2D eigenvalue weighted by Gasteiger charge is -2.34. The zero-order chi connectivity index (χ0) is 19.6. The van der Waals surface area contributed by atoms with Gasteiger partial charge >= 0.3 is 0 Å². The van der Waals surface area contributed by atoms with Gasteiger partial charge in [-0.25, -0.2) is 8.42 Å². The van der Waals surface area contributed by atoms with Crippen molar-refractivity contribution in [3.8, 4) is 5.75 Å². The molecule has 0 unspecified atom stereocenters. The number of carbonyl (C=O) groups is 1. The van der Waals surface area contributed by atoms with E-state index in [4.69, 9.17) is 4.74 Å². The van der Waals surface area contributed by atoms with E-state index in [0.29, 0.717) is 24.4 Å². The van der Waals surface area contributed by atoms with E-state index in [1.807, 2.05) is 32.0 Å². The van der Waals surface area contributed by atoms with Crippen LogP contribution in [0.2, 0.25) is 0 Å². The Hall–Kier alpha value is -2.38. The third-order valence-electron chi connectivity index (χ3n) is 4.69. The molecule has 7 heteroatoms. The summed E-state index contributed by atoms with van der Waals surface area (Å²) in [7, 11) is -2.04. The minimum atomic E-state index is -3.57. The van der Waals surface area contributed by atoms with Gasteiger partial charge in [0.05, 0.1) is 12.0 Å². The predicted molar refractivity (Wildman–Crippen MR) is 104 cm³/mol. The van der Waals surface area contributed by atoms with Crippen molar-refractivity contribution in [3.63, 3.8) is 0 Å². The van der Waals surface area contributed by atoms with Gasteiger partial charge in [-0.05, 0) is 50.2 Å². The van der Waals surface area contributed by atoms with Crippen LogP contribution in [0.25, 0.3) is 0 Å². The van der Waals surface area contributed by atoms with Gasteiger partial charge in [0.15, 0.2) is 0 Å². The number of ether oxygens (including phenoxy) is 1. The minimum absolute atomic E-state index is 0.0525. The highest BCUT2D eigenvalue weighted by atomic mass is 32.2. The molecule has 2 aromatic rings. The van der Waals surface area contributed by atoms with Crippen LogP contribution >= 0.6 is 0 Å². The van der Waals surface area contributed by atoms with Crippen molar-refractivity contribution >= 4 is 15.9 Å². The third-order valence-corrected chi connectivity index (χ3v) is 6.60. The number of nitrogens with zero attached hydrogens (tertiary/aromatic N) is 2. The number of hydrogen-bond acceptors (Lipinski definition) is 4. The zero-order valence-electron chi connectivity index (χ0n) is 15.8. The number of sulfonamides is 1. The van der Waals surface area contributed by atoms with E-state index in [2.05, 4.69) is 0 Å². The number of methoxy groups -OCH3 is 1. The molecular weight excluding hydrogens is 364 g/mol. The van der Waals surface area contributed by atoms with Crippen LogP contribution in [0, 0.1) is 13.8 Å². The van der Waals surface area contributed by atoms with Crippen LogP contribution in [0.15, 0.2) is 47.4 Å². The smallest absolute Gasteiger partial charge is 0.253 e. The SMILES string of the molecule is COc1ccc(S(=O)(=O)N2CCN(C(=O)c3cc(C)cc(C)c3)CC2)cc1. The molecule has 1 fully saturated rings. The Balaban J connectivity index is 1.69. The van der Waals surface area contributed by atoms with E-state index in [9.17, 15) is 13.2 Å². The van der Waals surface area contributed by atoms with Gasteiger partial charge in [0.2, 0.25) is 10.0 Å². The monoisotopic (exact) mass is 388 g/mol. The van der Waals surface area contributed by atoms with Crippen LogP contribution in [-0.4, -0.2) is 56.8 Å². The van der Waals surface area contributed by atoms with Gasteiger partial charge < -0.3 is 9.64 Å². The molecule has 0 bridgehead atoms. The second kappa shape index (κ2) is 7.70. The Labute approximate surface area is 160 Å². The molecule has 0 N–H and O–H groups in total. The highest BCUT2D eigenvalue weighted by molar-refractivity contribution is 7.89. The first-order valence-corrected chi connectivity index (χ1v) is 10.3. The number of carbonyl (C=O) groups excluding carboxylic acids is 1. The lowest BCUT2D eigenvalue weighted by atomic mass is 10.1. The van der Waals surface area contributed by atoms with E-state index in [1.165, 1.54) is 11.4 Å². The Bertz CT molecular complexity index is 911. The fourth-order valence-corrected chi connectivity index (χ4v) is 4.73. The van der Waals surface area contributed by atoms with E-state index in [-0.39, 0.29) is 23.9 Å². The molecule has 0 atom stereocenters. The van der Waals surface area contributed by atoms with Crippen molar-refractivity contribution in [2.45, 2.75) is 18.7 Å². The van der Waals surface area contributed by atoms with Gasteiger partial charge in [0.25, 0.3) is 5.91 Å². The van der Waals surface area contributed by atoms with Crippen LogP contribution in [0.4, 0.5) is 0 Å². The molecule has 0 aliphatic carbocycles. The summed E-state index contributed by atoms with van der Waals surface area (Å²) in [6, 6.07) is 12.1. The largest absolute Gasteiger partial charge is 0.497 e. The van der Waals surface area contributed by atoms with Crippen LogP contribution in [0.5, 0.6) is 5.75 Å². The number of rotatable bonds is 4. The van der Waals surface area contributed by atoms with Gasteiger partial charge in [-0.2, -0.15) is 4.31 Å². The van der Waals surface area contributed by atoms with Gasteiger partial charge in [-0.15, -0.1) is 0 Å². The Morgan fingerprint density at radius 2 is 1.48 bits per heavy atom. The molecule has 3 rings (SSSR count). The molecule has 6 nitrogen and oxygen atoms in total. The molecule has 1 saturated heterocycles. The van der Waals surface area contributed by atoms with Gasteiger partial charge in [0.1, 0.15) is 5.75 Å². The van der Waals surface area contributed by atoms with Gasteiger partial charge in [-0.3, -0.25) is 4.79 Å². The maximum Gasteiger partial charge on any atom is 0.253 e. The molecule has 1 heterocycles.